The minimum atomic E-state index is -4.40. The van der Waals surface area contributed by atoms with Crippen molar-refractivity contribution in [2.75, 3.05) is 31.1 Å². The average Bonchev–Trinajstić information content (AvgIpc) is 2.81. The highest BCUT2D eigenvalue weighted by Crippen LogP contribution is 2.32. The van der Waals surface area contributed by atoms with E-state index in [1.54, 1.807) is 18.2 Å². The van der Waals surface area contributed by atoms with Crippen LogP contribution in [0.1, 0.15) is 12.5 Å². The lowest BCUT2D eigenvalue weighted by atomic mass is 10.0. The number of hydroxylamine groups is 1. The highest BCUT2D eigenvalue weighted by molar-refractivity contribution is 5.87. The SMILES string of the molecule is C[C@@H](O)[C@H](NC(=O)N1CCN(c2ccc(-c3cccc(C(F)(F)F)c3)cc2)CC1)C(=O)NO. The first-order valence-corrected chi connectivity index (χ1v) is 10.3. The monoisotopic (exact) mass is 466 g/mol. The third kappa shape index (κ3) is 5.93. The highest BCUT2D eigenvalue weighted by atomic mass is 19.4. The Hall–Kier alpha value is -3.31. The Labute approximate surface area is 188 Å². The van der Waals surface area contributed by atoms with Crippen molar-refractivity contribution in [1.82, 2.24) is 15.7 Å². The van der Waals surface area contributed by atoms with Crippen LogP contribution in [0.2, 0.25) is 0 Å². The van der Waals surface area contributed by atoms with Gasteiger partial charge in [-0.2, -0.15) is 13.2 Å². The molecular weight excluding hydrogens is 441 g/mol. The van der Waals surface area contributed by atoms with E-state index in [0.717, 1.165) is 17.8 Å². The normalized spacial score (nSPS) is 16.2. The van der Waals surface area contributed by atoms with Crippen molar-refractivity contribution in [3.63, 3.8) is 0 Å². The molecule has 0 aliphatic carbocycles. The van der Waals surface area contributed by atoms with Gasteiger partial charge in [0.2, 0.25) is 0 Å². The number of carbonyl (C=O) groups is 2. The van der Waals surface area contributed by atoms with Gasteiger partial charge in [0.05, 0.1) is 11.7 Å². The van der Waals surface area contributed by atoms with Gasteiger partial charge in [-0.3, -0.25) is 10.0 Å². The summed E-state index contributed by atoms with van der Waals surface area (Å²) in [6.45, 7) is 3.04. The first-order valence-electron chi connectivity index (χ1n) is 10.3. The van der Waals surface area contributed by atoms with Gasteiger partial charge in [-0.25, -0.2) is 10.3 Å². The Balaban J connectivity index is 1.60. The number of benzene rings is 2. The van der Waals surface area contributed by atoms with Crippen molar-refractivity contribution in [2.45, 2.75) is 25.2 Å². The van der Waals surface area contributed by atoms with Crippen LogP contribution in [0.15, 0.2) is 48.5 Å². The summed E-state index contributed by atoms with van der Waals surface area (Å²) in [6, 6.07) is 10.5. The van der Waals surface area contributed by atoms with Crippen molar-refractivity contribution in [1.29, 1.82) is 0 Å². The van der Waals surface area contributed by atoms with E-state index >= 15 is 0 Å². The van der Waals surface area contributed by atoms with Crippen LogP contribution < -0.4 is 15.7 Å². The fraction of sp³-hybridized carbons (Fsp3) is 0.364. The van der Waals surface area contributed by atoms with Crippen molar-refractivity contribution in [3.8, 4) is 11.1 Å². The minimum absolute atomic E-state index is 0.356. The molecule has 33 heavy (non-hydrogen) atoms. The van der Waals surface area contributed by atoms with Crippen molar-refractivity contribution in [2.24, 2.45) is 0 Å². The average molecular weight is 466 g/mol. The van der Waals surface area contributed by atoms with Crippen LogP contribution in [-0.4, -0.2) is 65.5 Å². The smallest absolute Gasteiger partial charge is 0.391 e. The van der Waals surface area contributed by atoms with E-state index in [9.17, 15) is 27.9 Å². The zero-order valence-corrected chi connectivity index (χ0v) is 17.8. The van der Waals surface area contributed by atoms with Gasteiger partial charge in [-0.15, -0.1) is 0 Å². The molecule has 0 bridgehead atoms. The summed E-state index contributed by atoms with van der Waals surface area (Å²) < 4.78 is 38.9. The van der Waals surface area contributed by atoms with Gasteiger partial charge in [-0.1, -0.05) is 24.3 Å². The van der Waals surface area contributed by atoms with E-state index in [-0.39, 0.29) is 0 Å². The van der Waals surface area contributed by atoms with Crippen molar-refractivity contribution in [3.05, 3.63) is 54.1 Å². The lowest BCUT2D eigenvalue weighted by molar-refractivity contribution is -0.137. The second-order valence-electron chi connectivity index (χ2n) is 7.74. The van der Waals surface area contributed by atoms with E-state index in [2.05, 4.69) is 5.32 Å². The van der Waals surface area contributed by atoms with Gasteiger partial charge in [0.1, 0.15) is 6.04 Å². The maximum absolute atomic E-state index is 13.0. The van der Waals surface area contributed by atoms with E-state index < -0.39 is 35.8 Å². The maximum atomic E-state index is 13.0. The lowest BCUT2D eigenvalue weighted by Crippen LogP contribution is -2.58. The molecule has 4 N–H and O–H groups in total. The summed E-state index contributed by atoms with van der Waals surface area (Å²) in [7, 11) is 0. The lowest BCUT2D eigenvalue weighted by Gasteiger charge is -2.36. The van der Waals surface area contributed by atoms with Gasteiger partial charge in [0.15, 0.2) is 0 Å². The number of rotatable bonds is 5. The second-order valence-corrected chi connectivity index (χ2v) is 7.74. The number of hydrogen-bond acceptors (Lipinski definition) is 5. The molecule has 0 unspecified atom stereocenters. The molecule has 8 nitrogen and oxygen atoms in total. The summed E-state index contributed by atoms with van der Waals surface area (Å²) in [5.41, 5.74) is 2.71. The van der Waals surface area contributed by atoms with Crippen LogP contribution >= 0.6 is 0 Å². The number of piperazine rings is 1. The molecule has 1 aliphatic rings. The molecule has 178 valence electrons. The molecule has 3 amide bonds. The Kier molecular flexibility index (Phi) is 7.44. The zero-order valence-electron chi connectivity index (χ0n) is 17.8. The fourth-order valence-electron chi connectivity index (χ4n) is 3.61. The number of anilines is 1. The molecule has 3 rings (SSSR count). The number of nitrogens with one attached hydrogen (secondary N) is 2. The van der Waals surface area contributed by atoms with Crippen LogP contribution in [0, 0.1) is 0 Å². The number of hydrogen-bond donors (Lipinski definition) is 4. The van der Waals surface area contributed by atoms with E-state index in [1.165, 1.54) is 23.4 Å². The topological polar surface area (TPSA) is 105 Å². The molecule has 0 saturated carbocycles. The van der Waals surface area contributed by atoms with Gasteiger partial charge >= 0.3 is 12.2 Å². The largest absolute Gasteiger partial charge is 0.416 e. The number of aliphatic hydroxyl groups excluding tert-OH is 1. The maximum Gasteiger partial charge on any atom is 0.416 e. The molecule has 2 atom stereocenters. The number of urea groups is 1. The summed E-state index contributed by atoms with van der Waals surface area (Å²) in [4.78, 5) is 27.5. The molecule has 1 heterocycles. The predicted molar refractivity (Wildman–Crippen MR) is 115 cm³/mol. The summed E-state index contributed by atoms with van der Waals surface area (Å²) in [5.74, 6) is -0.919. The van der Waals surface area contributed by atoms with E-state index in [4.69, 9.17) is 5.21 Å². The Morgan fingerprint density at radius 1 is 1.00 bits per heavy atom. The third-order valence-corrected chi connectivity index (χ3v) is 5.48. The Bertz CT molecular complexity index is 974. The molecule has 1 aliphatic heterocycles. The number of aliphatic hydroxyl groups is 1. The molecule has 11 heteroatoms. The van der Waals surface area contributed by atoms with Crippen molar-refractivity contribution >= 4 is 17.6 Å². The number of nitrogens with zero attached hydrogens (tertiary/aromatic N) is 2. The number of alkyl halides is 3. The molecular formula is C22H25F3N4O4. The zero-order chi connectivity index (χ0) is 24.2. The Morgan fingerprint density at radius 2 is 1.64 bits per heavy atom. The van der Waals surface area contributed by atoms with E-state index in [0.29, 0.717) is 37.3 Å². The fourth-order valence-corrected chi connectivity index (χ4v) is 3.61. The molecule has 0 aromatic heterocycles. The summed E-state index contributed by atoms with van der Waals surface area (Å²) in [5, 5.41) is 20.8. The first-order chi connectivity index (χ1) is 15.6. The minimum Gasteiger partial charge on any atom is -0.391 e. The van der Waals surface area contributed by atoms with Crippen LogP contribution in [0.3, 0.4) is 0 Å². The van der Waals surface area contributed by atoms with Gasteiger partial charge < -0.3 is 20.2 Å². The third-order valence-electron chi connectivity index (χ3n) is 5.48. The highest BCUT2D eigenvalue weighted by Gasteiger charge is 2.31. The number of carbonyl (C=O) groups excluding carboxylic acids is 2. The molecule has 1 fully saturated rings. The van der Waals surface area contributed by atoms with Gasteiger partial charge in [-0.05, 0) is 42.3 Å². The predicted octanol–water partition coefficient (Wildman–Crippen LogP) is 2.46. The summed E-state index contributed by atoms with van der Waals surface area (Å²) >= 11 is 0. The number of halogens is 3. The Morgan fingerprint density at radius 3 is 2.18 bits per heavy atom. The van der Waals surface area contributed by atoms with Gasteiger partial charge in [0.25, 0.3) is 5.91 Å². The van der Waals surface area contributed by atoms with Crippen LogP contribution in [0.5, 0.6) is 0 Å². The quantitative estimate of drug-likeness (QED) is 0.400. The van der Waals surface area contributed by atoms with Crippen LogP contribution in [0.25, 0.3) is 11.1 Å². The molecule has 2 aromatic rings. The van der Waals surface area contributed by atoms with Crippen molar-refractivity contribution < 1.29 is 33.1 Å². The second kappa shape index (κ2) is 10.1. The van der Waals surface area contributed by atoms with Gasteiger partial charge in [0, 0.05) is 31.9 Å². The molecule has 0 radical (unpaired) electrons. The van der Waals surface area contributed by atoms with Crippen LogP contribution in [-0.2, 0) is 11.0 Å². The summed E-state index contributed by atoms with van der Waals surface area (Å²) in [6.07, 6.45) is -5.60. The van der Waals surface area contributed by atoms with Crippen LogP contribution in [0.4, 0.5) is 23.7 Å². The number of amides is 3. The first kappa shape index (κ1) is 24.3. The van der Waals surface area contributed by atoms with E-state index in [1.807, 2.05) is 17.0 Å². The molecule has 0 spiro atoms. The molecule has 2 aromatic carbocycles. The standard InChI is InChI=1S/C22H25F3N4O4/c1-14(30)19(20(31)27-33)26-21(32)29-11-9-28(10-12-29)18-7-5-15(6-8-18)16-3-2-4-17(13-16)22(23,24)25/h2-8,13-14,19,30,33H,9-12H2,1H3,(H,26,32)(H,27,31)/t14-,19+/m1/s1. The molecule has 1 saturated heterocycles.